The first-order valence-corrected chi connectivity index (χ1v) is 9.40. The number of rotatable bonds is 3. The molecule has 0 radical (unpaired) electrons. The van der Waals surface area contributed by atoms with Crippen molar-refractivity contribution in [3.8, 4) is 0 Å². The highest BCUT2D eigenvalue weighted by atomic mass is 32.2. The van der Waals surface area contributed by atoms with E-state index in [2.05, 4.69) is 18.1 Å². The summed E-state index contributed by atoms with van der Waals surface area (Å²) in [4.78, 5) is 26.3. The number of Topliss-reactive ketones (excluding diaryl/α,β-unsaturated/α-hetero) is 1. The van der Waals surface area contributed by atoms with E-state index in [9.17, 15) is 14.7 Å². The predicted molar refractivity (Wildman–Crippen MR) is 83.4 cm³/mol. The molecule has 2 aliphatic carbocycles. The van der Waals surface area contributed by atoms with Crippen molar-refractivity contribution in [2.75, 3.05) is 19.3 Å². The smallest absolute Gasteiger partial charge is 0.315 e. The molecule has 6 unspecified atom stereocenters. The van der Waals surface area contributed by atoms with Crippen molar-refractivity contribution in [3.05, 3.63) is 0 Å². The number of piperidine rings is 1. The van der Waals surface area contributed by atoms with E-state index in [-0.39, 0.29) is 11.7 Å². The van der Waals surface area contributed by atoms with Gasteiger partial charge in [0.25, 0.3) is 0 Å². The lowest BCUT2D eigenvalue weighted by Gasteiger charge is -2.50. The summed E-state index contributed by atoms with van der Waals surface area (Å²) in [5.41, 5.74) is 0. The fourth-order valence-corrected chi connectivity index (χ4v) is 6.16. The van der Waals surface area contributed by atoms with E-state index in [0.29, 0.717) is 18.5 Å². The number of aliphatic carboxylic acids is 1. The Morgan fingerprint density at radius 1 is 1.29 bits per heavy atom. The molecule has 4 nitrogen and oxygen atoms in total. The van der Waals surface area contributed by atoms with E-state index in [1.807, 2.05) is 11.8 Å². The molecule has 0 bridgehead atoms. The summed E-state index contributed by atoms with van der Waals surface area (Å²) in [5.74, 6) is -0.456. The standard InChI is InChI=1S/C16H25NO3S/c1-3-17-8-12(16(19)20)15(18)11-5-4-9-10(14(11)17)6-7-13(9)21-2/h9-14H,3-8H2,1-2H3,(H,19,20). The first-order chi connectivity index (χ1) is 10.1. The van der Waals surface area contributed by atoms with E-state index in [0.717, 1.165) is 30.6 Å². The largest absolute Gasteiger partial charge is 0.481 e. The molecule has 1 saturated heterocycles. The summed E-state index contributed by atoms with van der Waals surface area (Å²) in [7, 11) is 0. The normalized spacial score (nSPS) is 43.4. The van der Waals surface area contributed by atoms with Crippen LogP contribution in [0.2, 0.25) is 0 Å². The van der Waals surface area contributed by atoms with Gasteiger partial charge in [-0.25, -0.2) is 0 Å². The summed E-state index contributed by atoms with van der Waals surface area (Å²) >= 11 is 1.97. The van der Waals surface area contributed by atoms with E-state index < -0.39 is 11.9 Å². The van der Waals surface area contributed by atoms with Crippen LogP contribution in [-0.2, 0) is 9.59 Å². The van der Waals surface area contributed by atoms with Gasteiger partial charge in [0, 0.05) is 23.8 Å². The average molecular weight is 311 g/mol. The molecule has 2 saturated carbocycles. The summed E-state index contributed by atoms with van der Waals surface area (Å²) < 4.78 is 0. The van der Waals surface area contributed by atoms with Crippen LogP contribution in [0, 0.1) is 23.7 Å². The maximum absolute atomic E-state index is 12.6. The summed E-state index contributed by atoms with van der Waals surface area (Å²) in [6.07, 6.45) is 6.66. The van der Waals surface area contributed by atoms with E-state index in [1.165, 1.54) is 12.8 Å². The lowest BCUT2D eigenvalue weighted by atomic mass is 9.66. The van der Waals surface area contributed by atoms with Crippen LogP contribution in [0.5, 0.6) is 0 Å². The van der Waals surface area contributed by atoms with Gasteiger partial charge in [0.2, 0.25) is 0 Å². The van der Waals surface area contributed by atoms with Crippen molar-refractivity contribution in [2.45, 2.75) is 43.9 Å². The number of nitrogens with zero attached hydrogens (tertiary/aromatic N) is 1. The van der Waals surface area contributed by atoms with Crippen molar-refractivity contribution in [1.29, 1.82) is 0 Å². The van der Waals surface area contributed by atoms with Gasteiger partial charge in [-0.15, -0.1) is 0 Å². The van der Waals surface area contributed by atoms with Gasteiger partial charge in [-0.1, -0.05) is 6.92 Å². The highest BCUT2D eigenvalue weighted by Crippen LogP contribution is 2.51. The fourth-order valence-electron chi connectivity index (χ4n) is 5.10. The number of thioether (sulfide) groups is 1. The van der Waals surface area contributed by atoms with Crippen LogP contribution in [0.1, 0.15) is 32.6 Å². The molecule has 6 atom stereocenters. The Kier molecular flexibility index (Phi) is 4.33. The van der Waals surface area contributed by atoms with E-state index in [1.54, 1.807) is 0 Å². The molecule has 0 aromatic rings. The average Bonchev–Trinajstić information content (AvgIpc) is 2.90. The molecule has 0 amide bonds. The van der Waals surface area contributed by atoms with Gasteiger partial charge in [0.05, 0.1) is 0 Å². The van der Waals surface area contributed by atoms with Crippen molar-refractivity contribution in [3.63, 3.8) is 0 Å². The molecule has 3 fully saturated rings. The van der Waals surface area contributed by atoms with Crippen molar-refractivity contribution in [2.24, 2.45) is 23.7 Å². The number of hydrogen-bond donors (Lipinski definition) is 1. The Morgan fingerprint density at radius 2 is 2.00 bits per heavy atom. The lowest BCUT2D eigenvalue weighted by Crippen LogP contribution is -2.60. The quantitative estimate of drug-likeness (QED) is 0.809. The number of carbonyl (C=O) groups is 2. The first-order valence-electron chi connectivity index (χ1n) is 8.11. The molecule has 0 aromatic carbocycles. The van der Waals surface area contributed by atoms with E-state index in [4.69, 9.17) is 0 Å². The van der Waals surface area contributed by atoms with E-state index >= 15 is 0 Å². The SMILES string of the molecule is CCN1CC(C(=O)O)C(=O)C2CCC3C(SC)CCC3C21. The molecule has 1 heterocycles. The molecule has 21 heavy (non-hydrogen) atoms. The number of carboxylic acids is 1. The number of likely N-dealkylation sites (tertiary alicyclic amines) is 1. The minimum Gasteiger partial charge on any atom is -0.481 e. The molecule has 118 valence electrons. The maximum Gasteiger partial charge on any atom is 0.315 e. The second kappa shape index (κ2) is 5.92. The monoisotopic (exact) mass is 311 g/mol. The third kappa shape index (κ3) is 2.42. The topological polar surface area (TPSA) is 57.6 Å². The number of carboxylic acid groups (broad SMARTS) is 1. The number of ketones is 1. The molecular formula is C16H25NO3S. The minimum atomic E-state index is -0.938. The zero-order valence-corrected chi connectivity index (χ0v) is 13.6. The van der Waals surface area contributed by atoms with Crippen LogP contribution >= 0.6 is 11.8 Å². The minimum absolute atomic E-state index is 0.00301. The zero-order valence-electron chi connectivity index (χ0n) is 12.8. The van der Waals surface area contributed by atoms with Crippen LogP contribution in [0.15, 0.2) is 0 Å². The van der Waals surface area contributed by atoms with Crippen LogP contribution in [0.3, 0.4) is 0 Å². The predicted octanol–water partition coefficient (Wildman–Crippen LogP) is 2.13. The van der Waals surface area contributed by atoms with Gasteiger partial charge in [0.15, 0.2) is 5.78 Å². The van der Waals surface area contributed by atoms with Crippen LogP contribution < -0.4 is 0 Å². The third-order valence-corrected chi connectivity index (χ3v) is 7.22. The number of hydrogen-bond acceptors (Lipinski definition) is 4. The van der Waals surface area contributed by atoms with Gasteiger partial charge in [0.1, 0.15) is 5.92 Å². The summed E-state index contributed by atoms with van der Waals surface area (Å²) in [6, 6.07) is 0.300. The van der Waals surface area contributed by atoms with Crippen molar-refractivity contribution >= 4 is 23.5 Å². The lowest BCUT2D eigenvalue weighted by molar-refractivity contribution is -0.156. The Balaban J connectivity index is 1.87. The van der Waals surface area contributed by atoms with Crippen LogP contribution in [0.4, 0.5) is 0 Å². The molecular weight excluding hydrogens is 286 g/mol. The Bertz CT molecular complexity index is 441. The summed E-state index contributed by atoms with van der Waals surface area (Å²) in [6.45, 7) is 3.36. The van der Waals surface area contributed by atoms with Gasteiger partial charge in [-0.05, 0) is 50.3 Å². The fraction of sp³-hybridized carbons (Fsp3) is 0.875. The van der Waals surface area contributed by atoms with Gasteiger partial charge in [-0.3, -0.25) is 14.5 Å². The number of carbonyl (C=O) groups excluding carboxylic acids is 1. The Morgan fingerprint density at radius 3 is 2.62 bits per heavy atom. The summed E-state index contributed by atoms with van der Waals surface area (Å²) in [5, 5.41) is 10.1. The van der Waals surface area contributed by atoms with Gasteiger partial charge in [-0.2, -0.15) is 11.8 Å². The molecule has 3 aliphatic rings. The van der Waals surface area contributed by atoms with Gasteiger partial charge < -0.3 is 5.11 Å². The number of fused-ring (bicyclic) bond motifs is 3. The molecule has 3 rings (SSSR count). The van der Waals surface area contributed by atoms with Crippen LogP contribution in [-0.4, -0.2) is 52.4 Å². The molecule has 1 aliphatic heterocycles. The molecule has 0 aromatic heterocycles. The molecule has 5 heteroatoms. The Hall–Kier alpha value is -0.550. The molecule has 0 spiro atoms. The van der Waals surface area contributed by atoms with Crippen molar-refractivity contribution < 1.29 is 14.7 Å². The highest BCUT2D eigenvalue weighted by Gasteiger charge is 2.54. The van der Waals surface area contributed by atoms with Crippen molar-refractivity contribution in [1.82, 2.24) is 4.90 Å². The Labute approximate surface area is 130 Å². The van der Waals surface area contributed by atoms with Crippen LogP contribution in [0.25, 0.3) is 0 Å². The van der Waals surface area contributed by atoms with Gasteiger partial charge >= 0.3 is 5.97 Å². The maximum atomic E-state index is 12.6. The second-order valence-corrected chi connectivity index (χ2v) is 7.81. The second-order valence-electron chi connectivity index (χ2n) is 6.73. The highest BCUT2D eigenvalue weighted by molar-refractivity contribution is 7.99. The zero-order chi connectivity index (χ0) is 15.1. The third-order valence-electron chi connectivity index (χ3n) is 6.03. The first kappa shape index (κ1) is 15.3. The molecule has 1 N–H and O–H groups in total.